The molecule has 0 fully saturated rings. The van der Waals surface area contributed by atoms with Crippen molar-refractivity contribution in [2.24, 2.45) is 7.05 Å². The molecule has 2 heterocycles. The maximum Gasteiger partial charge on any atom is 0.387 e. The number of hydrogen-bond acceptors (Lipinski definition) is 8. The number of carbonyl (C=O) groups excluding carboxylic acids is 1. The van der Waals surface area contributed by atoms with Crippen LogP contribution in [-0.4, -0.2) is 39.6 Å². The average Bonchev–Trinajstić information content (AvgIpc) is 3.29. The molecule has 2 aromatic heterocycles. The molecule has 0 saturated carbocycles. The molecule has 1 aromatic carbocycles. The third-order valence-corrected chi connectivity index (χ3v) is 4.70. The molecule has 166 valence electrons. The summed E-state index contributed by atoms with van der Waals surface area (Å²) in [5.74, 6) is -0.134. The monoisotopic (exact) mass is 436 g/mol. The molecule has 0 aliphatic carbocycles. The topological polar surface area (TPSA) is 102 Å². The van der Waals surface area contributed by atoms with Gasteiger partial charge in [-0.2, -0.15) is 18.9 Å². The first-order chi connectivity index (χ1) is 14.8. The first-order valence-corrected chi connectivity index (χ1v) is 9.39. The molecule has 3 aromatic rings. The zero-order valence-corrected chi connectivity index (χ0v) is 17.5. The number of methoxy groups -OCH3 is 1. The van der Waals surface area contributed by atoms with Gasteiger partial charge in [-0.1, -0.05) is 5.16 Å². The predicted octanol–water partition coefficient (Wildman–Crippen LogP) is 3.37. The number of hydrogen-bond donors (Lipinski definition) is 0. The summed E-state index contributed by atoms with van der Waals surface area (Å²) in [4.78, 5) is 16.2. The van der Waals surface area contributed by atoms with Gasteiger partial charge in [0.15, 0.2) is 18.1 Å². The second-order valence-electron chi connectivity index (χ2n) is 6.69. The normalized spacial score (nSPS) is 11.1. The third kappa shape index (κ3) is 5.36. The summed E-state index contributed by atoms with van der Waals surface area (Å²) in [6.07, 6.45) is 0.712. The lowest BCUT2D eigenvalue weighted by atomic mass is 10.1. The highest BCUT2D eigenvalue weighted by molar-refractivity contribution is 5.69. The van der Waals surface area contributed by atoms with Crippen LogP contribution in [0.1, 0.15) is 29.3 Å². The van der Waals surface area contributed by atoms with Crippen LogP contribution in [0, 0.1) is 13.8 Å². The Bertz CT molecular complexity index is 1060. The Morgan fingerprint density at radius 1 is 1.26 bits per heavy atom. The highest BCUT2D eigenvalue weighted by Crippen LogP contribution is 2.32. The largest absolute Gasteiger partial charge is 0.493 e. The third-order valence-electron chi connectivity index (χ3n) is 4.70. The highest BCUT2D eigenvalue weighted by atomic mass is 19.3. The van der Waals surface area contributed by atoms with Crippen LogP contribution in [0.3, 0.4) is 0 Å². The Balaban J connectivity index is 1.58. The molecule has 11 heteroatoms. The fourth-order valence-corrected chi connectivity index (χ4v) is 3.05. The molecule has 0 saturated heterocycles. The maximum atomic E-state index is 12.4. The van der Waals surface area contributed by atoms with Crippen molar-refractivity contribution in [3.8, 4) is 22.9 Å². The smallest absolute Gasteiger partial charge is 0.387 e. The molecule has 0 amide bonds. The van der Waals surface area contributed by atoms with Crippen molar-refractivity contribution in [3.05, 3.63) is 41.0 Å². The molecule has 9 nitrogen and oxygen atoms in total. The van der Waals surface area contributed by atoms with E-state index >= 15 is 0 Å². The fourth-order valence-electron chi connectivity index (χ4n) is 3.05. The van der Waals surface area contributed by atoms with E-state index in [1.54, 1.807) is 4.68 Å². The number of halogens is 2. The molecule has 0 bridgehead atoms. The predicted molar refractivity (Wildman–Crippen MR) is 104 cm³/mol. The molecule has 0 aliphatic rings. The summed E-state index contributed by atoms with van der Waals surface area (Å²) in [5.41, 5.74) is 3.37. The van der Waals surface area contributed by atoms with Crippen LogP contribution in [-0.2, 0) is 29.6 Å². The Kier molecular flexibility index (Phi) is 6.83. The molecule has 0 unspecified atom stereocenters. The van der Waals surface area contributed by atoms with Gasteiger partial charge in [-0.25, -0.2) is 0 Å². The van der Waals surface area contributed by atoms with Crippen LogP contribution in [0.4, 0.5) is 8.78 Å². The first-order valence-electron chi connectivity index (χ1n) is 9.39. The van der Waals surface area contributed by atoms with Crippen LogP contribution < -0.4 is 9.47 Å². The van der Waals surface area contributed by atoms with Gasteiger partial charge in [0.25, 0.3) is 5.89 Å². The van der Waals surface area contributed by atoms with E-state index < -0.39 is 12.6 Å². The number of benzene rings is 1. The molecule has 0 N–H and O–H groups in total. The lowest BCUT2D eigenvalue weighted by Gasteiger charge is -2.10. The van der Waals surface area contributed by atoms with Crippen LogP contribution in [0.5, 0.6) is 11.5 Å². The van der Waals surface area contributed by atoms with E-state index in [1.165, 1.54) is 25.3 Å². The van der Waals surface area contributed by atoms with E-state index in [-0.39, 0.29) is 36.2 Å². The van der Waals surface area contributed by atoms with Crippen LogP contribution >= 0.6 is 0 Å². The van der Waals surface area contributed by atoms with Gasteiger partial charge in [0.05, 0.1) is 12.8 Å². The minimum absolute atomic E-state index is 0.0940. The summed E-state index contributed by atoms with van der Waals surface area (Å²) in [6, 6.07) is 4.25. The van der Waals surface area contributed by atoms with Crippen molar-refractivity contribution in [1.82, 2.24) is 19.9 Å². The summed E-state index contributed by atoms with van der Waals surface area (Å²) in [5, 5.41) is 8.14. The number of carbonyl (C=O) groups is 1. The molecule has 0 aliphatic heterocycles. The number of esters is 1. The molecule has 0 radical (unpaired) electrons. The minimum atomic E-state index is -2.97. The van der Waals surface area contributed by atoms with Gasteiger partial charge in [-0.15, -0.1) is 0 Å². The summed E-state index contributed by atoms with van der Waals surface area (Å²) in [7, 11) is 3.18. The summed E-state index contributed by atoms with van der Waals surface area (Å²) < 4.78 is 46.4. The van der Waals surface area contributed by atoms with Crippen LogP contribution in [0.15, 0.2) is 22.7 Å². The minimum Gasteiger partial charge on any atom is -0.493 e. The molecular formula is C20H22F2N4O5. The molecule has 0 atom stereocenters. The van der Waals surface area contributed by atoms with Gasteiger partial charge in [0.1, 0.15) is 0 Å². The van der Waals surface area contributed by atoms with E-state index in [1.807, 2.05) is 20.9 Å². The zero-order chi connectivity index (χ0) is 22.5. The Labute approximate surface area is 176 Å². The molecular weight excluding hydrogens is 414 g/mol. The fraction of sp³-hybridized carbons (Fsp3) is 0.400. The van der Waals surface area contributed by atoms with Gasteiger partial charge in [-0.05, 0) is 44.0 Å². The molecule has 3 rings (SSSR count). The Morgan fingerprint density at radius 3 is 2.68 bits per heavy atom. The highest BCUT2D eigenvalue weighted by Gasteiger charge is 2.16. The van der Waals surface area contributed by atoms with Crippen LogP contribution in [0.25, 0.3) is 11.4 Å². The number of aromatic nitrogens is 4. The number of nitrogens with zero attached hydrogens (tertiary/aromatic N) is 4. The number of rotatable bonds is 9. The van der Waals surface area contributed by atoms with Crippen molar-refractivity contribution in [3.63, 3.8) is 0 Å². The second-order valence-corrected chi connectivity index (χ2v) is 6.69. The van der Waals surface area contributed by atoms with Gasteiger partial charge in [0, 0.05) is 24.7 Å². The van der Waals surface area contributed by atoms with Crippen LogP contribution in [0.2, 0.25) is 0 Å². The van der Waals surface area contributed by atoms with E-state index in [9.17, 15) is 13.6 Å². The van der Waals surface area contributed by atoms with Crippen molar-refractivity contribution in [1.29, 1.82) is 0 Å². The van der Waals surface area contributed by atoms with Gasteiger partial charge >= 0.3 is 12.6 Å². The zero-order valence-electron chi connectivity index (χ0n) is 17.5. The quantitative estimate of drug-likeness (QED) is 0.471. The first kappa shape index (κ1) is 22.2. The van der Waals surface area contributed by atoms with E-state index in [0.717, 1.165) is 17.0 Å². The number of alkyl halides is 2. The van der Waals surface area contributed by atoms with E-state index in [0.29, 0.717) is 12.0 Å². The maximum absolute atomic E-state index is 12.4. The van der Waals surface area contributed by atoms with E-state index in [4.69, 9.17) is 14.0 Å². The van der Waals surface area contributed by atoms with Crippen molar-refractivity contribution in [2.75, 3.05) is 7.11 Å². The summed E-state index contributed by atoms with van der Waals surface area (Å²) >= 11 is 0. The molecule has 0 spiro atoms. The lowest BCUT2D eigenvalue weighted by Crippen LogP contribution is -2.07. The Morgan fingerprint density at radius 2 is 2.03 bits per heavy atom. The van der Waals surface area contributed by atoms with Crippen molar-refractivity contribution >= 4 is 5.97 Å². The lowest BCUT2D eigenvalue weighted by molar-refractivity contribution is -0.145. The van der Waals surface area contributed by atoms with Gasteiger partial charge < -0.3 is 18.7 Å². The second kappa shape index (κ2) is 9.54. The van der Waals surface area contributed by atoms with Crippen molar-refractivity contribution < 1.29 is 32.3 Å². The van der Waals surface area contributed by atoms with Gasteiger partial charge in [0.2, 0.25) is 5.82 Å². The standard InChI is InChI=1S/C20H22F2N4O5/c1-11-14(12(2)26(3)24-11)6-8-18(27)29-10-17-23-19(25-31-17)13-5-7-15(30-20(21)22)16(9-13)28-4/h5,7,9,20H,6,8,10H2,1-4H3. The van der Waals surface area contributed by atoms with Crippen molar-refractivity contribution in [2.45, 2.75) is 39.9 Å². The summed E-state index contributed by atoms with van der Waals surface area (Å²) in [6.45, 7) is 0.689. The Hall–Kier alpha value is -3.50. The molecule has 31 heavy (non-hydrogen) atoms. The average molecular weight is 436 g/mol. The SMILES string of the molecule is COc1cc(-c2noc(COC(=O)CCc3c(C)nn(C)c3C)n2)ccc1OC(F)F. The number of aryl methyl sites for hydroxylation is 2. The van der Waals surface area contributed by atoms with Gasteiger partial charge in [-0.3, -0.25) is 9.48 Å². The number of ether oxygens (including phenoxy) is 3. The van der Waals surface area contributed by atoms with E-state index in [2.05, 4.69) is 20.0 Å².